The van der Waals surface area contributed by atoms with Gasteiger partial charge >= 0.3 is 0 Å². The molecule has 8 heteroatoms. The Morgan fingerprint density at radius 3 is 2.36 bits per heavy atom. The zero-order chi connectivity index (χ0) is 27.3. The Morgan fingerprint density at radius 2 is 1.64 bits per heavy atom. The van der Waals surface area contributed by atoms with E-state index in [2.05, 4.69) is 28.4 Å². The normalized spacial score (nSPS) is 13.3. The fraction of sp³-hybridized carbons (Fsp3) is 0.355. The molecule has 206 valence electrons. The fourth-order valence-electron chi connectivity index (χ4n) is 4.47. The second-order valence-electron chi connectivity index (χ2n) is 9.24. The molecule has 1 fully saturated rings. The molecule has 1 N–H and O–H groups in total. The van der Waals surface area contributed by atoms with E-state index >= 15 is 0 Å². The molecule has 1 saturated heterocycles. The SMILES string of the molecule is C=CCOCc1cc(-c2ccnc(Nc3ccc(OCCN4CCCC4)c(COCC=C)c3)n2)ccc1OC. The van der Waals surface area contributed by atoms with Gasteiger partial charge in [-0.2, -0.15) is 0 Å². The van der Waals surface area contributed by atoms with Crippen molar-refractivity contribution in [3.8, 4) is 22.8 Å². The molecule has 0 radical (unpaired) electrons. The molecule has 2 heterocycles. The van der Waals surface area contributed by atoms with Crippen molar-refractivity contribution in [1.29, 1.82) is 0 Å². The Morgan fingerprint density at radius 1 is 0.923 bits per heavy atom. The first-order valence-electron chi connectivity index (χ1n) is 13.3. The zero-order valence-electron chi connectivity index (χ0n) is 22.7. The molecule has 0 bridgehead atoms. The average Bonchev–Trinajstić information content (AvgIpc) is 3.48. The van der Waals surface area contributed by atoms with E-state index in [4.69, 9.17) is 23.9 Å². The van der Waals surface area contributed by atoms with Crippen LogP contribution in [0.15, 0.2) is 74.0 Å². The molecule has 0 unspecified atom stereocenters. The Labute approximate surface area is 231 Å². The van der Waals surface area contributed by atoms with Crippen LogP contribution in [0.4, 0.5) is 11.6 Å². The van der Waals surface area contributed by atoms with Gasteiger partial charge in [-0.25, -0.2) is 9.97 Å². The van der Waals surface area contributed by atoms with Crippen LogP contribution in [0.5, 0.6) is 11.5 Å². The summed E-state index contributed by atoms with van der Waals surface area (Å²) in [6.07, 6.45) is 7.75. The maximum atomic E-state index is 6.14. The van der Waals surface area contributed by atoms with E-state index in [0.717, 1.165) is 59.2 Å². The lowest BCUT2D eigenvalue weighted by molar-refractivity contribution is 0.144. The second-order valence-corrected chi connectivity index (χ2v) is 9.24. The standard InChI is InChI=1S/C31H38N4O4/c1-4-17-37-22-25-20-24(8-10-29(25)36-3)28-12-13-32-31(34-28)33-27-9-11-30(26(21-27)23-38-18-5-2)39-19-16-35-14-6-7-15-35/h4-5,8-13,20-21H,1-2,6-7,14-19,22-23H2,3H3,(H,32,33,34). The summed E-state index contributed by atoms with van der Waals surface area (Å²) in [5.74, 6) is 2.08. The summed E-state index contributed by atoms with van der Waals surface area (Å²) in [5.41, 5.74) is 4.48. The molecule has 0 saturated carbocycles. The van der Waals surface area contributed by atoms with Crippen LogP contribution >= 0.6 is 0 Å². The number of hydrogen-bond acceptors (Lipinski definition) is 8. The van der Waals surface area contributed by atoms with E-state index in [1.54, 1.807) is 25.5 Å². The lowest BCUT2D eigenvalue weighted by Crippen LogP contribution is -2.25. The predicted octanol–water partition coefficient (Wildman–Crippen LogP) is 5.78. The summed E-state index contributed by atoms with van der Waals surface area (Å²) in [4.78, 5) is 11.6. The zero-order valence-corrected chi connectivity index (χ0v) is 22.7. The van der Waals surface area contributed by atoms with Crippen LogP contribution in [0.25, 0.3) is 11.3 Å². The lowest BCUT2D eigenvalue weighted by Gasteiger charge is -2.17. The maximum Gasteiger partial charge on any atom is 0.227 e. The highest BCUT2D eigenvalue weighted by molar-refractivity contribution is 5.64. The summed E-state index contributed by atoms with van der Waals surface area (Å²) in [6.45, 7) is 13.1. The highest BCUT2D eigenvalue weighted by Gasteiger charge is 2.13. The largest absolute Gasteiger partial charge is 0.496 e. The van der Waals surface area contributed by atoms with Crippen molar-refractivity contribution in [3.63, 3.8) is 0 Å². The van der Waals surface area contributed by atoms with Crippen LogP contribution in [0, 0.1) is 0 Å². The van der Waals surface area contributed by atoms with E-state index in [0.29, 0.717) is 39.0 Å². The molecule has 0 amide bonds. The van der Waals surface area contributed by atoms with Crippen molar-refractivity contribution in [1.82, 2.24) is 14.9 Å². The molecular formula is C31H38N4O4. The molecule has 0 aliphatic carbocycles. The Kier molecular flexibility index (Phi) is 10.9. The molecule has 1 aliphatic rings. The smallest absolute Gasteiger partial charge is 0.227 e. The monoisotopic (exact) mass is 530 g/mol. The summed E-state index contributed by atoms with van der Waals surface area (Å²) < 4.78 is 23.0. The molecule has 3 aromatic rings. The number of hydrogen-bond donors (Lipinski definition) is 1. The molecule has 0 atom stereocenters. The molecule has 2 aromatic carbocycles. The molecular weight excluding hydrogens is 492 g/mol. The minimum absolute atomic E-state index is 0.419. The van der Waals surface area contributed by atoms with Gasteiger partial charge in [0.1, 0.15) is 18.1 Å². The minimum Gasteiger partial charge on any atom is -0.496 e. The van der Waals surface area contributed by atoms with E-state index in [1.807, 2.05) is 42.5 Å². The topological polar surface area (TPSA) is 78.0 Å². The van der Waals surface area contributed by atoms with Gasteiger partial charge in [0.25, 0.3) is 0 Å². The van der Waals surface area contributed by atoms with Crippen LogP contribution < -0.4 is 14.8 Å². The number of nitrogens with one attached hydrogen (secondary N) is 1. The molecule has 8 nitrogen and oxygen atoms in total. The van der Waals surface area contributed by atoms with Gasteiger partial charge in [0.15, 0.2) is 0 Å². The Balaban J connectivity index is 1.48. The summed E-state index contributed by atoms with van der Waals surface area (Å²) in [5, 5.41) is 3.33. The molecule has 1 aliphatic heterocycles. The van der Waals surface area contributed by atoms with Crippen LogP contribution in [0.3, 0.4) is 0 Å². The quantitative estimate of drug-likeness (QED) is 0.185. The van der Waals surface area contributed by atoms with Crippen molar-refractivity contribution < 1.29 is 18.9 Å². The minimum atomic E-state index is 0.419. The van der Waals surface area contributed by atoms with Crippen LogP contribution in [0.1, 0.15) is 24.0 Å². The summed E-state index contributed by atoms with van der Waals surface area (Å²) in [6, 6.07) is 13.8. The third-order valence-corrected chi connectivity index (χ3v) is 6.40. The number of benzene rings is 2. The first-order valence-corrected chi connectivity index (χ1v) is 13.3. The van der Waals surface area contributed by atoms with Crippen LogP contribution in [-0.2, 0) is 22.7 Å². The van der Waals surface area contributed by atoms with Gasteiger partial charge in [0, 0.05) is 35.1 Å². The van der Waals surface area contributed by atoms with E-state index in [9.17, 15) is 0 Å². The van der Waals surface area contributed by atoms with Gasteiger partial charge in [0.05, 0.1) is 39.2 Å². The van der Waals surface area contributed by atoms with Crippen molar-refractivity contribution >= 4 is 11.6 Å². The van der Waals surface area contributed by atoms with Gasteiger partial charge in [0.2, 0.25) is 5.95 Å². The van der Waals surface area contributed by atoms with Gasteiger partial charge in [-0.1, -0.05) is 12.2 Å². The van der Waals surface area contributed by atoms with E-state index in [1.165, 1.54) is 12.8 Å². The molecule has 39 heavy (non-hydrogen) atoms. The van der Waals surface area contributed by atoms with Crippen molar-refractivity contribution in [2.24, 2.45) is 0 Å². The molecule has 1 aromatic heterocycles. The third kappa shape index (κ3) is 8.38. The van der Waals surface area contributed by atoms with Gasteiger partial charge in [-0.3, -0.25) is 4.90 Å². The van der Waals surface area contributed by atoms with Crippen LogP contribution in [-0.4, -0.2) is 61.4 Å². The van der Waals surface area contributed by atoms with Crippen molar-refractivity contribution in [3.05, 3.63) is 85.1 Å². The molecule has 4 rings (SSSR count). The van der Waals surface area contributed by atoms with Gasteiger partial charge in [-0.15, -0.1) is 13.2 Å². The number of methoxy groups -OCH3 is 1. The number of likely N-dealkylation sites (tertiary alicyclic amines) is 1. The number of nitrogens with zero attached hydrogens (tertiary/aromatic N) is 3. The van der Waals surface area contributed by atoms with Gasteiger partial charge < -0.3 is 24.3 Å². The van der Waals surface area contributed by atoms with Crippen LogP contribution in [0.2, 0.25) is 0 Å². The van der Waals surface area contributed by atoms with E-state index < -0.39 is 0 Å². The van der Waals surface area contributed by atoms with Gasteiger partial charge in [-0.05, 0) is 68.4 Å². The Hall–Kier alpha value is -3.72. The highest BCUT2D eigenvalue weighted by atomic mass is 16.5. The van der Waals surface area contributed by atoms with E-state index in [-0.39, 0.29) is 0 Å². The summed E-state index contributed by atoms with van der Waals surface area (Å²) >= 11 is 0. The predicted molar refractivity (Wildman–Crippen MR) is 155 cm³/mol. The average molecular weight is 531 g/mol. The number of anilines is 2. The Bertz CT molecular complexity index is 1230. The van der Waals surface area contributed by atoms with Crippen molar-refractivity contribution in [2.45, 2.75) is 26.1 Å². The number of rotatable bonds is 16. The highest BCUT2D eigenvalue weighted by Crippen LogP contribution is 2.28. The molecule has 0 spiro atoms. The number of ether oxygens (including phenoxy) is 4. The van der Waals surface area contributed by atoms with Crippen molar-refractivity contribution in [2.75, 3.05) is 51.9 Å². The maximum absolute atomic E-state index is 6.14. The summed E-state index contributed by atoms with van der Waals surface area (Å²) in [7, 11) is 1.65. The fourth-order valence-corrected chi connectivity index (χ4v) is 4.47. The first-order chi connectivity index (χ1) is 19.2. The first kappa shape index (κ1) is 28.3. The third-order valence-electron chi connectivity index (χ3n) is 6.40. The second kappa shape index (κ2) is 15.0. The number of aromatic nitrogens is 2. The lowest BCUT2D eigenvalue weighted by atomic mass is 10.1.